The van der Waals surface area contributed by atoms with E-state index in [2.05, 4.69) is 16.8 Å². The standard InChI is InChI=1S/C31H36N4O5S2/c1-22-10-11-27-26(21-22)31(25-8-5-4-7-23(25)2,29(36)35(27)42(38,39)28-9-6-20-41-28)40-30(37)34-14-12-24(13-15-34)33-18-16-32(3)17-19-33/h4-11,20-21,24H,12-19H2,1-3H3. The number of fused-ring (bicyclic) bond motifs is 1. The van der Waals surface area contributed by atoms with Crippen LogP contribution in [0.15, 0.2) is 64.2 Å². The number of hydrogen-bond acceptors (Lipinski definition) is 8. The number of nitrogens with zero attached hydrogens (tertiary/aromatic N) is 4. The molecule has 42 heavy (non-hydrogen) atoms. The van der Waals surface area contributed by atoms with Crippen molar-refractivity contribution in [3.05, 3.63) is 82.2 Å². The average Bonchev–Trinajstić information content (AvgIpc) is 3.61. The first kappa shape index (κ1) is 28.9. The zero-order valence-electron chi connectivity index (χ0n) is 24.2. The number of carbonyl (C=O) groups is 2. The second kappa shape index (κ2) is 11.1. The Morgan fingerprint density at radius 3 is 2.31 bits per heavy atom. The molecule has 3 aliphatic heterocycles. The number of anilines is 1. The average molecular weight is 609 g/mol. The Labute approximate surface area is 251 Å². The number of ether oxygens (including phenoxy) is 1. The SMILES string of the molecule is Cc1ccc2c(c1)C(OC(=O)N1CCC(N3CCN(C)CC3)CC1)(c1ccccc1C)C(=O)N2S(=O)(=O)c1cccs1. The predicted molar refractivity (Wildman–Crippen MR) is 162 cm³/mol. The first-order chi connectivity index (χ1) is 20.1. The minimum atomic E-state index is -4.26. The van der Waals surface area contributed by atoms with E-state index >= 15 is 0 Å². The summed E-state index contributed by atoms with van der Waals surface area (Å²) in [7, 11) is -2.12. The van der Waals surface area contributed by atoms with Crippen molar-refractivity contribution in [2.24, 2.45) is 0 Å². The summed E-state index contributed by atoms with van der Waals surface area (Å²) in [6, 6.07) is 15.9. The van der Waals surface area contributed by atoms with Gasteiger partial charge in [-0.05, 0) is 62.9 Å². The Balaban J connectivity index is 1.37. The quantitative estimate of drug-likeness (QED) is 0.429. The van der Waals surface area contributed by atoms with Gasteiger partial charge in [0.25, 0.3) is 15.9 Å². The molecule has 2 fully saturated rings. The van der Waals surface area contributed by atoms with Crippen molar-refractivity contribution in [2.45, 2.75) is 42.5 Å². The Morgan fingerprint density at radius 1 is 0.929 bits per heavy atom. The van der Waals surface area contributed by atoms with E-state index in [1.165, 1.54) is 6.07 Å². The summed E-state index contributed by atoms with van der Waals surface area (Å²) >= 11 is 1.04. The molecule has 1 unspecified atom stereocenters. The maximum absolute atomic E-state index is 14.6. The van der Waals surface area contributed by atoms with E-state index in [4.69, 9.17) is 4.74 Å². The van der Waals surface area contributed by atoms with Crippen LogP contribution in [0.25, 0.3) is 0 Å². The fraction of sp³-hybridized carbons (Fsp3) is 0.419. The number of likely N-dealkylation sites (tertiary alicyclic amines) is 1. The van der Waals surface area contributed by atoms with Crippen LogP contribution in [-0.2, 0) is 25.2 Å². The second-order valence-electron chi connectivity index (χ2n) is 11.4. The second-order valence-corrected chi connectivity index (χ2v) is 14.4. The molecule has 1 aromatic heterocycles. The molecule has 0 N–H and O–H groups in total. The Morgan fingerprint density at radius 2 is 1.64 bits per heavy atom. The number of amides is 2. The fourth-order valence-corrected chi connectivity index (χ4v) is 8.91. The van der Waals surface area contributed by atoms with E-state index in [9.17, 15) is 18.0 Å². The van der Waals surface area contributed by atoms with Gasteiger partial charge < -0.3 is 14.5 Å². The number of rotatable bonds is 5. The van der Waals surface area contributed by atoms with Gasteiger partial charge in [0, 0.05) is 56.4 Å². The highest BCUT2D eigenvalue weighted by Crippen LogP contribution is 2.50. The molecule has 0 radical (unpaired) electrons. The van der Waals surface area contributed by atoms with Crippen molar-refractivity contribution in [1.29, 1.82) is 0 Å². The minimum absolute atomic E-state index is 0.0419. The number of piperazine rings is 1. The first-order valence-electron chi connectivity index (χ1n) is 14.3. The molecule has 0 bridgehead atoms. The molecule has 11 heteroatoms. The summed E-state index contributed by atoms with van der Waals surface area (Å²) in [4.78, 5) is 35.1. The van der Waals surface area contributed by atoms with Gasteiger partial charge in [-0.3, -0.25) is 9.69 Å². The van der Waals surface area contributed by atoms with Gasteiger partial charge in [-0.25, -0.2) is 4.79 Å². The third-order valence-electron chi connectivity index (χ3n) is 8.77. The molecule has 222 valence electrons. The molecule has 6 rings (SSSR count). The van der Waals surface area contributed by atoms with Gasteiger partial charge in [0.15, 0.2) is 0 Å². The topological polar surface area (TPSA) is 90.5 Å². The van der Waals surface area contributed by atoms with Gasteiger partial charge in [0.05, 0.1) is 5.69 Å². The molecule has 2 saturated heterocycles. The number of thiophene rings is 1. The van der Waals surface area contributed by atoms with E-state index in [-0.39, 0.29) is 9.90 Å². The van der Waals surface area contributed by atoms with Gasteiger partial charge in [-0.15, -0.1) is 11.3 Å². The van der Waals surface area contributed by atoms with Crippen LogP contribution in [-0.4, -0.2) is 87.5 Å². The van der Waals surface area contributed by atoms with Gasteiger partial charge in [0.1, 0.15) is 4.21 Å². The minimum Gasteiger partial charge on any atom is -0.422 e. The van der Waals surface area contributed by atoms with Crippen molar-refractivity contribution in [1.82, 2.24) is 14.7 Å². The Kier molecular flexibility index (Phi) is 7.63. The molecular weight excluding hydrogens is 572 g/mol. The molecule has 2 amide bonds. The molecule has 9 nitrogen and oxygen atoms in total. The van der Waals surface area contributed by atoms with Crippen molar-refractivity contribution in [3.8, 4) is 0 Å². The zero-order valence-corrected chi connectivity index (χ0v) is 25.8. The Bertz CT molecular complexity index is 1590. The predicted octanol–water partition coefficient (Wildman–Crippen LogP) is 4.19. The fourth-order valence-electron chi connectivity index (χ4n) is 6.39. The number of benzene rings is 2. The van der Waals surface area contributed by atoms with Crippen LogP contribution in [0, 0.1) is 13.8 Å². The number of likely N-dealkylation sites (N-methyl/N-ethyl adjacent to an activating group) is 1. The van der Waals surface area contributed by atoms with Gasteiger partial charge in [0.2, 0.25) is 5.60 Å². The van der Waals surface area contributed by atoms with Crippen LogP contribution in [0.5, 0.6) is 0 Å². The number of carbonyl (C=O) groups excluding carboxylic acids is 2. The lowest BCUT2D eigenvalue weighted by atomic mass is 9.84. The van der Waals surface area contributed by atoms with Crippen LogP contribution in [0.1, 0.15) is 35.1 Å². The molecule has 1 atom stereocenters. The van der Waals surface area contributed by atoms with Crippen LogP contribution in [0.2, 0.25) is 0 Å². The third-order valence-corrected chi connectivity index (χ3v) is 11.8. The molecule has 0 aliphatic carbocycles. The zero-order chi connectivity index (χ0) is 29.6. The summed E-state index contributed by atoms with van der Waals surface area (Å²) in [5, 5.41) is 1.66. The molecule has 3 aliphatic rings. The van der Waals surface area contributed by atoms with Crippen molar-refractivity contribution in [2.75, 3.05) is 50.6 Å². The number of sulfonamides is 1. The summed E-state index contributed by atoms with van der Waals surface area (Å²) < 4.78 is 35.0. The molecular formula is C31H36N4O5S2. The lowest BCUT2D eigenvalue weighted by molar-refractivity contribution is -0.132. The Hall–Kier alpha value is -3.25. The number of piperidine rings is 1. The van der Waals surface area contributed by atoms with Crippen LogP contribution in [0.4, 0.5) is 10.5 Å². The van der Waals surface area contributed by atoms with E-state index < -0.39 is 27.6 Å². The van der Waals surface area contributed by atoms with Gasteiger partial charge in [-0.1, -0.05) is 42.0 Å². The summed E-state index contributed by atoms with van der Waals surface area (Å²) in [6.07, 6.45) is 1.02. The van der Waals surface area contributed by atoms with Gasteiger partial charge in [-0.2, -0.15) is 12.7 Å². The van der Waals surface area contributed by atoms with Crippen LogP contribution < -0.4 is 4.31 Å². The molecule has 0 spiro atoms. The van der Waals surface area contributed by atoms with Crippen molar-refractivity contribution in [3.63, 3.8) is 0 Å². The largest absolute Gasteiger partial charge is 0.422 e. The maximum atomic E-state index is 14.6. The lowest BCUT2D eigenvalue weighted by Gasteiger charge is -2.42. The summed E-state index contributed by atoms with van der Waals surface area (Å²) in [5.74, 6) is -0.813. The van der Waals surface area contributed by atoms with E-state index in [1.807, 2.05) is 26.0 Å². The van der Waals surface area contributed by atoms with E-state index in [0.717, 1.165) is 65.8 Å². The highest BCUT2D eigenvalue weighted by atomic mass is 32.2. The lowest BCUT2D eigenvalue weighted by Crippen LogP contribution is -2.54. The smallest absolute Gasteiger partial charge is 0.411 e. The molecule has 4 heterocycles. The van der Waals surface area contributed by atoms with E-state index in [1.54, 1.807) is 46.7 Å². The number of aryl methyl sites for hydroxylation is 2. The first-order valence-corrected chi connectivity index (χ1v) is 16.7. The van der Waals surface area contributed by atoms with Crippen molar-refractivity contribution < 1.29 is 22.7 Å². The molecule has 2 aromatic carbocycles. The highest BCUT2D eigenvalue weighted by Gasteiger charge is 2.60. The monoisotopic (exact) mass is 608 g/mol. The third kappa shape index (κ3) is 4.82. The maximum Gasteiger partial charge on any atom is 0.411 e. The van der Waals surface area contributed by atoms with Gasteiger partial charge >= 0.3 is 6.09 Å². The van der Waals surface area contributed by atoms with Crippen molar-refractivity contribution >= 4 is 39.0 Å². The normalized spacial score (nSPS) is 22.4. The molecule has 0 saturated carbocycles. The van der Waals surface area contributed by atoms with Crippen LogP contribution in [0.3, 0.4) is 0 Å². The van der Waals surface area contributed by atoms with E-state index in [0.29, 0.717) is 30.3 Å². The summed E-state index contributed by atoms with van der Waals surface area (Å²) in [5.41, 5.74) is 0.578. The number of hydrogen-bond donors (Lipinski definition) is 0. The summed E-state index contributed by atoms with van der Waals surface area (Å²) in [6.45, 7) is 8.82. The van der Waals surface area contributed by atoms with Crippen LogP contribution >= 0.6 is 11.3 Å². The molecule has 3 aromatic rings. The highest BCUT2D eigenvalue weighted by molar-refractivity contribution is 7.95.